The van der Waals surface area contributed by atoms with E-state index in [1.54, 1.807) is 6.07 Å². The Balaban J connectivity index is 2.12. The van der Waals surface area contributed by atoms with Crippen molar-refractivity contribution in [2.75, 3.05) is 11.9 Å². The van der Waals surface area contributed by atoms with Crippen LogP contribution in [0.5, 0.6) is 0 Å². The van der Waals surface area contributed by atoms with Crippen LogP contribution in [0, 0.1) is 5.82 Å². The number of anilines is 1. The molecule has 0 fully saturated rings. The van der Waals surface area contributed by atoms with Crippen LogP contribution in [-0.4, -0.2) is 18.1 Å². The molecule has 2 N–H and O–H groups in total. The molecule has 0 bridgehead atoms. The van der Waals surface area contributed by atoms with E-state index in [9.17, 15) is 4.39 Å². The van der Waals surface area contributed by atoms with Crippen molar-refractivity contribution in [1.82, 2.24) is 5.32 Å². The molecule has 1 aromatic rings. The summed E-state index contributed by atoms with van der Waals surface area (Å²) >= 11 is 0. The van der Waals surface area contributed by atoms with Crippen LogP contribution in [0.1, 0.15) is 26.3 Å². The third-order valence-corrected chi connectivity index (χ3v) is 2.73. The van der Waals surface area contributed by atoms with Crippen molar-refractivity contribution in [3.63, 3.8) is 0 Å². The fourth-order valence-corrected chi connectivity index (χ4v) is 2.21. The number of halogens is 1. The van der Waals surface area contributed by atoms with Crippen molar-refractivity contribution >= 4 is 5.69 Å². The zero-order valence-corrected chi connectivity index (χ0v) is 10.1. The van der Waals surface area contributed by atoms with Crippen LogP contribution in [0.2, 0.25) is 0 Å². The van der Waals surface area contributed by atoms with Gasteiger partial charge in [-0.05, 0) is 38.8 Å². The maximum absolute atomic E-state index is 13.5. The van der Waals surface area contributed by atoms with Gasteiger partial charge in [0.05, 0.1) is 5.69 Å². The number of benzene rings is 1. The fourth-order valence-electron chi connectivity index (χ4n) is 2.21. The van der Waals surface area contributed by atoms with Crippen molar-refractivity contribution < 1.29 is 4.39 Å². The van der Waals surface area contributed by atoms with E-state index in [1.165, 1.54) is 6.07 Å². The summed E-state index contributed by atoms with van der Waals surface area (Å²) in [5.74, 6) is -0.147. The zero-order chi connectivity index (χ0) is 11.8. The minimum Gasteiger partial charge on any atom is -0.381 e. The molecule has 16 heavy (non-hydrogen) atoms. The highest BCUT2D eigenvalue weighted by atomic mass is 19.1. The van der Waals surface area contributed by atoms with Crippen molar-refractivity contribution in [3.8, 4) is 0 Å². The van der Waals surface area contributed by atoms with Crippen molar-refractivity contribution in [2.24, 2.45) is 0 Å². The maximum Gasteiger partial charge on any atom is 0.146 e. The third-order valence-electron chi connectivity index (χ3n) is 2.73. The molecule has 1 atom stereocenters. The van der Waals surface area contributed by atoms with E-state index in [0.29, 0.717) is 11.7 Å². The van der Waals surface area contributed by atoms with Crippen LogP contribution < -0.4 is 10.6 Å². The molecule has 2 rings (SSSR count). The molecule has 0 spiro atoms. The van der Waals surface area contributed by atoms with Crippen LogP contribution in [0.25, 0.3) is 0 Å². The van der Waals surface area contributed by atoms with E-state index in [1.807, 2.05) is 6.07 Å². The molecule has 0 aromatic heterocycles. The zero-order valence-electron chi connectivity index (χ0n) is 10.1. The average molecular weight is 222 g/mol. The molecule has 0 saturated heterocycles. The van der Waals surface area contributed by atoms with Gasteiger partial charge in [0.1, 0.15) is 5.82 Å². The number of hydrogen-bond acceptors (Lipinski definition) is 2. The molecular formula is C13H19FN2. The first-order valence-corrected chi connectivity index (χ1v) is 5.75. The Bertz CT molecular complexity index is 382. The molecule has 0 aliphatic carbocycles. The van der Waals surface area contributed by atoms with E-state index in [2.05, 4.69) is 31.4 Å². The molecule has 88 valence electrons. The maximum atomic E-state index is 13.5. The highest BCUT2D eigenvalue weighted by Crippen LogP contribution is 2.25. The predicted octanol–water partition coefficient (Wildman–Crippen LogP) is 2.55. The highest BCUT2D eigenvalue weighted by Gasteiger charge is 2.23. The Labute approximate surface area is 96.2 Å². The standard InChI is InChI=1S/C13H19FN2/c1-13(2,3)16-10-7-9-5-4-6-11(14)12(9)15-8-10/h4-6,10,15-16H,7-8H2,1-3H3. The van der Waals surface area contributed by atoms with Gasteiger partial charge in [-0.25, -0.2) is 4.39 Å². The van der Waals surface area contributed by atoms with Gasteiger partial charge in [0.15, 0.2) is 0 Å². The van der Waals surface area contributed by atoms with Gasteiger partial charge in [0.2, 0.25) is 0 Å². The van der Waals surface area contributed by atoms with Crippen LogP contribution in [0.3, 0.4) is 0 Å². The Morgan fingerprint density at radius 3 is 2.81 bits per heavy atom. The molecule has 1 aliphatic rings. The van der Waals surface area contributed by atoms with E-state index >= 15 is 0 Å². The Kier molecular flexibility index (Phi) is 2.89. The van der Waals surface area contributed by atoms with Gasteiger partial charge in [-0.2, -0.15) is 0 Å². The topological polar surface area (TPSA) is 24.1 Å². The summed E-state index contributed by atoms with van der Waals surface area (Å²) < 4.78 is 13.5. The molecule has 1 aromatic carbocycles. The monoisotopic (exact) mass is 222 g/mol. The van der Waals surface area contributed by atoms with Crippen molar-refractivity contribution in [3.05, 3.63) is 29.6 Å². The normalized spacial score (nSPS) is 20.1. The highest BCUT2D eigenvalue weighted by molar-refractivity contribution is 5.54. The summed E-state index contributed by atoms with van der Waals surface area (Å²) in [5, 5.41) is 6.70. The molecule has 3 heteroatoms. The lowest BCUT2D eigenvalue weighted by atomic mass is 9.97. The van der Waals surface area contributed by atoms with E-state index < -0.39 is 0 Å². The lowest BCUT2D eigenvalue weighted by Crippen LogP contribution is -2.49. The van der Waals surface area contributed by atoms with E-state index in [4.69, 9.17) is 0 Å². The molecular weight excluding hydrogens is 203 g/mol. The number of hydrogen-bond donors (Lipinski definition) is 2. The second-order valence-electron chi connectivity index (χ2n) is 5.45. The van der Waals surface area contributed by atoms with Gasteiger partial charge in [0, 0.05) is 18.1 Å². The lowest BCUT2D eigenvalue weighted by molar-refractivity contribution is 0.360. The summed E-state index contributed by atoms with van der Waals surface area (Å²) in [6, 6.07) is 5.63. The van der Waals surface area contributed by atoms with Crippen LogP contribution in [-0.2, 0) is 6.42 Å². The number of nitrogens with one attached hydrogen (secondary N) is 2. The predicted molar refractivity (Wildman–Crippen MR) is 65.3 cm³/mol. The molecule has 0 amide bonds. The summed E-state index contributed by atoms with van der Waals surface area (Å²) in [6.07, 6.45) is 0.886. The van der Waals surface area contributed by atoms with Crippen molar-refractivity contribution in [1.29, 1.82) is 0 Å². The average Bonchev–Trinajstić information content (AvgIpc) is 2.15. The van der Waals surface area contributed by atoms with Crippen LogP contribution in [0.15, 0.2) is 18.2 Å². The largest absolute Gasteiger partial charge is 0.381 e. The lowest BCUT2D eigenvalue weighted by Gasteiger charge is -2.33. The summed E-state index contributed by atoms with van der Waals surface area (Å²) in [7, 11) is 0. The quantitative estimate of drug-likeness (QED) is 0.763. The molecule has 0 saturated carbocycles. The number of para-hydroxylation sites is 1. The van der Waals surface area contributed by atoms with E-state index in [0.717, 1.165) is 18.5 Å². The number of rotatable bonds is 1. The van der Waals surface area contributed by atoms with Gasteiger partial charge in [0.25, 0.3) is 0 Å². The Hall–Kier alpha value is -1.09. The molecule has 2 nitrogen and oxygen atoms in total. The SMILES string of the molecule is CC(C)(C)NC1CNc2c(F)cccc2C1. The second-order valence-corrected chi connectivity index (χ2v) is 5.45. The molecule has 1 unspecified atom stereocenters. The van der Waals surface area contributed by atoms with Gasteiger partial charge >= 0.3 is 0 Å². The Morgan fingerprint density at radius 1 is 1.38 bits per heavy atom. The smallest absolute Gasteiger partial charge is 0.146 e. The number of fused-ring (bicyclic) bond motifs is 1. The minimum atomic E-state index is -0.147. The van der Waals surface area contributed by atoms with Crippen LogP contribution in [0.4, 0.5) is 10.1 Å². The molecule has 1 aliphatic heterocycles. The van der Waals surface area contributed by atoms with Crippen molar-refractivity contribution in [2.45, 2.75) is 38.8 Å². The first kappa shape index (κ1) is 11.4. The van der Waals surface area contributed by atoms with E-state index in [-0.39, 0.29) is 11.4 Å². The first-order valence-electron chi connectivity index (χ1n) is 5.75. The first-order chi connectivity index (χ1) is 7.46. The summed E-state index contributed by atoms with van der Waals surface area (Å²) in [6.45, 7) is 7.22. The summed E-state index contributed by atoms with van der Waals surface area (Å²) in [4.78, 5) is 0. The third kappa shape index (κ3) is 2.53. The molecule has 1 heterocycles. The molecule has 0 radical (unpaired) electrons. The fraction of sp³-hybridized carbons (Fsp3) is 0.538. The second kappa shape index (κ2) is 4.06. The Morgan fingerprint density at radius 2 is 2.12 bits per heavy atom. The van der Waals surface area contributed by atoms with Gasteiger partial charge < -0.3 is 10.6 Å². The van der Waals surface area contributed by atoms with Gasteiger partial charge in [-0.3, -0.25) is 0 Å². The van der Waals surface area contributed by atoms with Gasteiger partial charge in [-0.15, -0.1) is 0 Å². The van der Waals surface area contributed by atoms with Gasteiger partial charge in [-0.1, -0.05) is 12.1 Å². The summed E-state index contributed by atoms with van der Waals surface area (Å²) in [5.41, 5.74) is 1.83. The van der Waals surface area contributed by atoms with Crippen LogP contribution >= 0.6 is 0 Å². The minimum absolute atomic E-state index is 0.0944.